The van der Waals surface area contributed by atoms with E-state index in [2.05, 4.69) is 5.32 Å². The van der Waals surface area contributed by atoms with E-state index in [1.807, 2.05) is 0 Å². The van der Waals surface area contributed by atoms with Crippen molar-refractivity contribution in [3.63, 3.8) is 0 Å². The zero-order chi connectivity index (χ0) is 9.56. The highest BCUT2D eigenvalue weighted by Crippen LogP contribution is 1.99. The molecule has 4 nitrogen and oxygen atoms in total. The molecule has 0 saturated heterocycles. The van der Waals surface area contributed by atoms with E-state index in [1.165, 1.54) is 13.8 Å². The summed E-state index contributed by atoms with van der Waals surface area (Å²) in [6.45, 7) is 2.75. The molecule has 0 atom stereocenters. The van der Waals surface area contributed by atoms with Crippen LogP contribution in [0, 0.1) is 0 Å². The van der Waals surface area contributed by atoms with E-state index in [0.29, 0.717) is 0 Å². The molecule has 12 heavy (non-hydrogen) atoms. The Bertz CT molecular complexity index is 183. The molecule has 0 radical (unpaired) electrons. The maximum Gasteiger partial charge on any atom is 0.217 e. The van der Waals surface area contributed by atoms with Gasteiger partial charge < -0.3 is 5.32 Å². The number of ketones is 1. The SMILES string of the molecule is CC(=O)NCC(=O)CSC(C)=O. The van der Waals surface area contributed by atoms with Gasteiger partial charge >= 0.3 is 0 Å². The maximum absolute atomic E-state index is 10.9. The molecule has 0 spiro atoms. The van der Waals surface area contributed by atoms with Crippen molar-refractivity contribution in [2.24, 2.45) is 0 Å². The number of Topliss-reactive ketones (excluding diaryl/α,β-unsaturated/α-hetero) is 1. The van der Waals surface area contributed by atoms with Crippen LogP contribution in [0.15, 0.2) is 0 Å². The summed E-state index contributed by atoms with van der Waals surface area (Å²) in [4.78, 5) is 31.6. The zero-order valence-corrected chi connectivity index (χ0v) is 7.86. The Morgan fingerprint density at radius 1 is 1.25 bits per heavy atom. The van der Waals surface area contributed by atoms with Crippen LogP contribution in [0.3, 0.4) is 0 Å². The fourth-order valence-corrected chi connectivity index (χ4v) is 0.923. The Morgan fingerprint density at radius 3 is 2.25 bits per heavy atom. The van der Waals surface area contributed by atoms with Gasteiger partial charge in [0.05, 0.1) is 12.3 Å². The quantitative estimate of drug-likeness (QED) is 0.674. The van der Waals surface area contributed by atoms with E-state index in [1.54, 1.807) is 0 Å². The predicted molar refractivity (Wildman–Crippen MR) is 46.8 cm³/mol. The van der Waals surface area contributed by atoms with Gasteiger partial charge in [-0.2, -0.15) is 0 Å². The summed E-state index contributed by atoms with van der Waals surface area (Å²) in [5.41, 5.74) is 0. The first kappa shape index (κ1) is 11.2. The third-order valence-electron chi connectivity index (χ3n) is 0.971. The molecule has 1 N–H and O–H groups in total. The average molecular weight is 189 g/mol. The number of hydrogen-bond acceptors (Lipinski definition) is 4. The smallest absolute Gasteiger partial charge is 0.217 e. The van der Waals surface area contributed by atoms with E-state index < -0.39 is 0 Å². The number of rotatable bonds is 4. The first-order chi connectivity index (χ1) is 5.52. The molecule has 0 unspecified atom stereocenters. The topological polar surface area (TPSA) is 63.2 Å². The molecule has 0 heterocycles. The molecule has 0 aliphatic carbocycles. The lowest BCUT2D eigenvalue weighted by molar-refractivity contribution is -0.122. The number of amides is 1. The summed E-state index contributed by atoms with van der Waals surface area (Å²) in [5, 5.41) is 2.26. The lowest BCUT2D eigenvalue weighted by Gasteiger charge is -1.98. The number of carbonyl (C=O) groups excluding carboxylic acids is 3. The van der Waals surface area contributed by atoms with Gasteiger partial charge in [0.1, 0.15) is 0 Å². The summed E-state index contributed by atoms with van der Waals surface area (Å²) >= 11 is 0.951. The Kier molecular flexibility index (Phi) is 5.36. The molecule has 5 heteroatoms. The van der Waals surface area contributed by atoms with Crippen molar-refractivity contribution < 1.29 is 14.4 Å². The maximum atomic E-state index is 10.9. The van der Waals surface area contributed by atoms with Gasteiger partial charge in [0.15, 0.2) is 10.9 Å². The second-order valence-corrected chi connectivity index (χ2v) is 3.38. The van der Waals surface area contributed by atoms with Crippen LogP contribution in [-0.4, -0.2) is 29.1 Å². The van der Waals surface area contributed by atoms with Crippen molar-refractivity contribution in [3.05, 3.63) is 0 Å². The van der Waals surface area contributed by atoms with Crippen LogP contribution in [0.2, 0.25) is 0 Å². The standard InChI is InChI=1S/C7H11NO3S/c1-5(9)8-3-7(11)4-12-6(2)10/h3-4H2,1-2H3,(H,8,9). The van der Waals surface area contributed by atoms with Gasteiger partial charge in [0.2, 0.25) is 5.91 Å². The van der Waals surface area contributed by atoms with Crippen molar-refractivity contribution in [3.8, 4) is 0 Å². The molecular formula is C7H11NO3S. The van der Waals surface area contributed by atoms with Gasteiger partial charge in [-0.05, 0) is 0 Å². The molecular weight excluding hydrogens is 178 g/mol. The van der Waals surface area contributed by atoms with Crippen molar-refractivity contribution in [2.45, 2.75) is 13.8 Å². The van der Waals surface area contributed by atoms with Gasteiger partial charge in [-0.3, -0.25) is 14.4 Å². The van der Waals surface area contributed by atoms with Gasteiger partial charge in [-0.15, -0.1) is 0 Å². The minimum Gasteiger partial charge on any atom is -0.349 e. The Hall–Kier alpha value is -0.840. The monoisotopic (exact) mass is 189 g/mol. The number of carbonyl (C=O) groups is 3. The van der Waals surface area contributed by atoms with E-state index in [-0.39, 0.29) is 29.1 Å². The largest absolute Gasteiger partial charge is 0.349 e. The molecule has 0 bridgehead atoms. The zero-order valence-electron chi connectivity index (χ0n) is 7.05. The van der Waals surface area contributed by atoms with Crippen LogP contribution in [0.4, 0.5) is 0 Å². The number of hydrogen-bond donors (Lipinski definition) is 1. The average Bonchev–Trinajstić information content (AvgIpc) is 1.96. The van der Waals surface area contributed by atoms with E-state index in [0.717, 1.165) is 11.8 Å². The van der Waals surface area contributed by atoms with Crippen molar-refractivity contribution in [1.82, 2.24) is 5.32 Å². The Balaban J connectivity index is 3.47. The van der Waals surface area contributed by atoms with Crippen molar-refractivity contribution in [2.75, 3.05) is 12.3 Å². The second kappa shape index (κ2) is 5.77. The van der Waals surface area contributed by atoms with Gasteiger partial charge in [-0.25, -0.2) is 0 Å². The highest BCUT2D eigenvalue weighted by atomic mass is 32.2. The fourth-order valence-electron chi connectivity index (χ4n) is 0.456. The molecule has 1 amide bonds. The van der Waals surface area contributed by atoms with Crippen molar-refractivity contribution >= 4 is 28.6 Å². The summed E-state index contributed by atoms with van der Waals surface area (Å²) in [6, 6.07) is 0. The first-order valence-electron chi connectivity index (χ1n) is 3.42. The minimum atomic E-state index is -0.240. The highest BCUT2D eigenvalue weighted by molar-refractivity contribution is 8.14. The predicted octanol–water partition coefficient (Wildman–Crippen LogP) is -0.0287. The van der Waals surface area contributed by atoms with Crippen LogP contribution in [0.5, 0.6) is 0 Å². The molecule has 0 aromatic rings. The minimum absolute atomic E-state index is 0.00954. The van der Waals surface area contributed by atoms with E-state index >= 15 is 0 Å². The van der Waals surface area contributed by atoms with Crippen LogP contribution in [0.25, 0.3) is 0 Å². The summed E-state index contributed by atoms with van der Waals surface area (Å²) < 4.78 is 0. The second-order valence-electron chi connectivity index (χ2n) is 2.23. The molecule has 0 aliphatic heterocycles. The molecule has 0 aliphatic rings. The molecule has 0 aromatic carbocycles. The van der Waals surface area contributed by atoms with Crippen LogP contribution >= 0.6 is 11.8 Å². The lowest BCUT2D eigenvalue weighted by Crippen LogP contribution is -2.28. The van der Waals surface area contributed by atoms with Gasteiger partial charge in [0, 0.05) is 13.8 Å². The van der Waals surface area contributed by atoms with Crippen LogP contribution in [-0.2, 0) is 14.4 Å². The van der Waals surface area contributed by atoms with Gasteiger partial charge in [0.25, 0.3) is 0 Å². The normalized spacial score (nSPS) is 9.17. The molecule has 68 valence electrons. The summed E-state index contributed by atoms with van der Waals surface area (Å²) in [5.74, 6) is -0.253. The highest BCUT2D eigenvalue weighted by Gasteiger charge is 2.04. The third-order valence-corrected chi connectivity index (χ3v) is 1.84. The molecule has 0 aromatic heterocycles. The third kappa shape index (κ3) is 7.27. The van der Waals surface area contributed by atoms with E-state index in [9.17, 15) is 14.4 Å². The van der Waals surface area contributed by atoms with Crippen LogP contribution < -0.4 is 5.32 Å². The summed E-state index contributed by atoms with van der Waals surface area (Å²) in [6.07, 6.45) is 0. The van der Waals surface area contributed by atoms with Crippen molar-refractivity contribution in [1.29, 1.82) is 0 Å². The summed E-state index contributed by atoms with van der Waals surface area (Å²) in [7, 11) is 0. The molecule has 0 rings (SSSR count). The number of nitrogens with one attached hydrogen (secondary N) is 1. The fraction of sp³-hybridized carbons (Fsp3) is 0.571. The Labute approximate surface area is 75.1 Å². The molecule has 0 saturated carbocycles. The molecule has 0 fully saturated rings. The Morgan fingerprint density at radius 2 is 1.83 bits per heavy atom. The first-order valence-corrected chi connectivity index (χ1v) is 4.40. The number of thioether (sulfide) groups is 1. The van der Waals surface area contributed by atoms with Crippen LogP contribution in [0.1, 0.15) is 13.8 Å². The lowest BCUT2D eigenvalue weighted by atomic mass is 10.4. The van der Waals surface area contributed by atoms with Gasteiger partial charge in [-0.1, -0.05) is 11.8 Å². The van der Waals surface area contributed by atoms with E-state index in [4.69, 9.17) is 0 Å².